The largest absolute Gasteiger partial charge is 0.494 e. The molecule has 120 valence electrons. The van der Waals surface area contributed by atoms with Crippen molar-refractivity contribution in [3.63, 3.8) is 0 Å². The van der Waals surface area contributed by atoms with Crippen LogP contribution in [0.15, 0.2) is 30.3 Å². The minimum Gasteiger partial charge on any atom is -0.494 e. The number of hydrogen-bond acceptors (Lipinski definition) is 5. The number of benzene rings is 1. The number of aryl methyl sites for hydroxylation is 1. The third kappa shape index (κ3) is 4.75. The number of nitrogens with one attached hydrogen (secondary N) is 1. The summed E-state index contributed by atoms with van der Waals surface area (Å²) in [5, 5.41) is 3.09. The number of rotatable bonds is 6. The molecule has 0 unspecified atom stereocenters. The van der Waals surface area contributed by atoms with Gasteiger partial charge in [0.05, 0.1) is 17.2 Å². The molecule has 1 amide bonds. The number of carbonyl (C=O) groups is 2. The Kier molecular flexibility index (Phi) is 5.65. The van der Waals surface area contributed by atoms with E-state index in [0.717, 1.165) is 11.3 Å². The number of carbonyl (C=O) groups excluding carboxylic acids is 2. The molecule has 1 heterocycles. The molecule has 2 aromatic rings. The van der Waals surface area contributed by atoms with Crippen LogP contribution in [0.1, 0.15) is 34.8 Å². The molecule has 0 saturated heterocycles. The standard InChI is InChI=1S/C17H18N2O3S/c1-4-22-14-8-5-13(6-9-14)7-10-15(21)19-17-18-11(2)16(23-17)12(3)20/h5-10H,4H2,1-3H3,(H,18,19,21). The first-order valence-corrected chi connectivity index (χ1v) is 8.01. The number of amides is 1. The van der Waals surface area contributed by atoms with E-state index in [1.54, 1.807) is 13.0 Å². The summed E-state index contributed by atoms with van der Waals surface area (Å²) in [7, 11) is 0. The maximum absolute atomic E-state index is 11.9. The Labute approximate surface area is 139 Å². The Bertz CT molecular complexity index is 733. The van der Waals surface area contributed by atoms with Crippen LogP contribution >= 0.6 is 11.3 Å². The van der Waals surface area contributed by atoms with E-state index < -0.39 is 0 Å². The van der Waals surface area contributed by atoms with E-state index >= 15 is 0 Å². The molecule has 1 N–H and O–H groups in total. The monoisotopic (exact) mass is 330 g/mol. The van der Waals surface area contributed by atoms with Crippen LogP contribution in [0.25, 0.3) is 6.08 Å². The van der Waals surface area contributed by atoms with Crippen LogP contribution in [-0.4, -0.2) is 23.3 Å². The van der Waals surface area contributed by atoms with E-state index in [-0.39, 0.29) is 11.7 Å². The molecule has 0 saturated carbocycles. The van der Waals surface area contributed by atoms with Crippen molar-refractivity contribution in [1.82, 2.24) is 4.98 Å². The highest BCUT2D eigenvalue weighted by molar-refractivity contribution is 7.17. The first kappa shape index (κ1) is 16.9. The zero-order valence-corrected chi connectivity index (χ0v) is 14.1. The van der Waals surface area contributed by atoms with Crippen LogP contribution in [0.3, 0.4) is 0 Å². The number of ether oxygens (including phenoxy) is 1. The van der Waals surface area contributed by atoms with Crippen LogP contribution in [0, 0.1) is 6.92 Å². The van der Waals surface area contributed by atoms with Crippen molar-refractivity contribution in [1.29, 1.82) is 0 Å². The molecule has 1 aromatic heterocycles. The highest BCUT2D eigenvalue weighted by Gasteiger charge is 2.12. The summed E-state index contributed by atoms with van der Waals surface area (Å²) in [5.41, 5.74) is 1.52. The summed E-state index contributed by atoms with van der Waals surface area (Å²) in [4.78, 5) is 28.0. The third-order valence-corrected chi connectivity index (χ3v) is 4.14. The smallest absolute Gasteiger partial charge is 0.250 e. The van der Waals surface area contributed by atoms with Gasteiger partial charge >= 0.3 is 0 Å². The SMILES string of the molecule is CCOc1ccc(C=CC(=O)Nc2nc(C)c(C(C)=O)s2)cc1. The molecular weight excluding hydrogens is 312 g/mol. The molecule has 0 bridgehead atoms. The summed E-state index contributed by atoms with van der Waals surface area (Å²) in [6, 6.07) is 7.45. The molecule has 1 aromatic carbocycles. The van der Waals surface area contributed by atoms with Gasteiger partial charge in [0.2, 0.25) is 5.91 Å². The second-order valence-electron chi connectivity index (χ2n) is 4.81. The van der Waals surface area contributed by atoms with Crippen molar-refractivity contribution in [2.75, 3.05) is 11.9 Å². The maximum atomic E-state index is 11.9. The molecule has 2 rings (SSSR count). The van der Waals surface area contributed by atoms with E-state index in [9.17, 15) is 9.59 Å². The zero-order valence-electron chi connectivity index (χ0n) is 13.3. The minimum absolute atomic E-state index is 0.0505. The van der Waals surface area contributed by atoms with E-state index in [1.807, 2.05) is 31.2 Å². The van der Waals surface area contributed by atoms with Crippen LogP contribution in [0.5, 0.6) is 5.75 Å². The fourth-order valence-electron chi connectivity index (χ4n) is 1.94. The molecule has 0 radical (unpaired) electrons. The van der Waals surface area contributed by atoms with Crippen LogP contribution < -0.4 is 10.1 Å². The number of thiazole rings is 1. The number of nitrogens with zero attached hydrogens (tertiary/aromatic N) is 1. The second-order valence-corrected chi connectivity index (χ2v) is 5.81. The summed E-state index contributed by atoms with van der Waals surface area (Å²) < 4.78 is 5.36. The van der Waals surface area contributed by atoms with Gasteiger partial charge in [-0.1, -0.05) is 23.5 Å². The average Bonchev–Trinajstić information content (AvgIpc) is 2.87. The van der Waals surface area contributed by atoms with E-state index in [4.69, 9.17) is 4.74 Å². The Morgan fingerprint density at radius 2 is 2.00 bits per heavy atom. The normalized spacial score (nSPS) is 10.7. The van der Waals surface area contributed by atoms with Gasteiger partial charge in [-0.2, -0.15) is 0 Å². The molecule has 0 spiro atoms. The zero-order chi connectivity index (χ0) is 16.8. The van der Waals surface area contributed by atoms with Crippen molar-refractivity contribution >= 4 is 34.2 Å². The lowest BCUT2D eigenvalue weighted by atomic mass is 10.2. The number of aromatic nitrogens is 1. The molecule has 0 aliphatic carbocycles. The molecule has 5 nitrogen and oxygen atoms in total. The van der Waals surface area contributed by atoms with Gasteiger partial charge < -0.3 is 4.74 Å². The average molecular weight is 330 g/mol. The van der Waals surface area contributed by atoms with Crippen molar-refractivity contribution < 1.29 is 14.3 Å². The lowest BCUT2D eigenvalue weighted by Crippen LogP contribution is -2.07. The summed E-state index contributed by atoms with van der Waals surface area (Å²) >= 11 is 1.18. The van der Waals surface area contributed by atoms with E-state index in [1.165, 1.54) is 24.3 Å². The van der Waals surface area contributed by atoms with Crippen molar-refractivity contribution in [2.24, 2.45) is 0 Å². The van der Waals surface area contributed by atoms with Crippen molar-refractivity contribution in [2.45, 2.75) is 20.8 Å². The highest BCUT2D eigenvalue weighted by Crippen LogP contribution is 2.22. The Hall–Kier alpha value is -2.47. The quantitative estimate of drug-likeness (QED) is 0.647. The molecule has 0 aliphatic rings. The Balaban J connectivity index is 1.98. The summed E-state index contributed by atoms with van der Waals surface area (Å²) in [6.45, 7) is 5.78. The number of ketones is 1. The predicted molar refractivity (Wildman–Crippen MR) is 92.1 cm³/mol. The van der Waals surface area contributed by atoms with Gasteiger partial charge in [0.25, 0.3) is 0 Å². The number of Topliss-reactive ketones (excluding diaryl/α,β-unsaturated/α-hetero) is 1. The molecule has 23 heavy (non-hydrogen) atoms. The molecule has 0 aliphatic heterocycles. The van der Waals surface area contributed by atoms with Gasteiger partial charge in [-0.15, -0.1) is 0 Å². The molecule has 6 heteroatoms. The Morgan fingerprint density at radius 3 is 2.57 bits per heavy atom. The maximum Gasteiger partial charge on any atom is 0.250 e. The number of anilines is 1. The summed E-state index contributed by atoms with van der Waals surface area (Å²) in [6.07, 6.45) is 3.14. The van der Waals surface area contributed by atoms with Crippen molar-refractivity contribution in [3.8, 4) is 5.75 Å². The first-order chi connectivity index (χ1) is 11.0. The van der Waals surface area contributed by atoms with Gasteiger partial charge in [0.1, 0.15) is 5.75 Å². The van der Waals surface area contributed by atoms with Gasteiger partial charge in [0.15, 0.2) is 10.9 Å². The van der Waals surface area contributed by atoms with Crippen LogP contribution in [0.2, 0.25) is 0 Å². The third-order valence-electron chi connectivity index (χ3n) is 2.96. The molecule has 0 fully saturated rings. The van der Waals surface area contributed by atoms with Gasteiger partial charge in [-0.05, 0) is 37.6 Å². The lowest BCUT2D eigenvalue weighted by Gasteiger charge is -2.02. The van der Waals surface area contributed by atoms with Gasteiger partial charge in [-0.25, -0.2) is 4.98 Å². The fraction of sp³-hybridized carbons (Fsp3) is 0.235. The second kappa shape index (κ2) is 7.69. The predicted octanol–water partition coefficient (Wildman–Crippen LogP) is 3.70. The topological polar surface area (TPSA) is 68.3 Å². The first-order valence-electron chi connectivity index (χ1n) is 7.20. The van der Waals surface area contributed by atoms with Crippen molar-refractivity contribution in [3.05, 3.63) is 46.5 Å². The van der Waals surface area contributed by atoms with E-state index in [0.29, 0.717) is 22.3 Å². The number of hydrogen-bond donors (Lipinski definition) is 1. The van der Waals surface area contributed by atoms with Gasteiger partial charge in [-0.3, -0.25) is 14.9 Å². The van der Waals surface area contributed by atoms with Crippen LogP contribution in [0.4, 0.5) is 5.13 Å². The molecular formula is C17H18N2O3S. The van der Waals surface area contributed by atoms with E-state index in [2.05, 4.69) is 10.3 Å². The lowest BCUT2D eigenvalue weighted by molar-refractivity contribution is -0.111. The summed E-state index contributed by atoms with van der Waals surface area (Å²) in [5.74, 6) is 0.456. The fourth-order valence-corrected chi connectivity index (χ4v) is 2.80. The molecule has 0 atom stereocenters. The highest BCUT2D eigenvalue weighted by atomic mass is 32.1. The minimum atomic E-state index is -0.289. The van der Waals surface area contributed by atoms with Gasteiger partial charge in [0, 0.05) is 13.0 Å². The van der Waals surface area contributed by atoms with Crippen LogP contribution in [-0.2, 0) is 4.79 Å². The Morgan fingerprint density at radius 1 is 1.30 bits per heavy atom.